The molecule has 3 rings (SSSR count). The maximum absolute atomic E-state index is 13.5. The molecule has 3 aromatic rings. The number of hydrogen-bond acceptors (Lipinski definition) is 6. The molecule has 19 heteroatoms. The number of nitrogens with one attached hydrogen (secondary N) is 3. The quantitative estimate of drug-likeness (QED) is 0.248. The number of aryl methyl sites for hydroxylation is 1. The van der Waals surface area contributed by atoms with Crippen molar-refractivity contribution in [1.82, 2.24) is 24.8 Å². The fraction of sp³-hybridized carbons (Fsp3) is 0.250. The van der Waals surface area contributed by atoms with E-state index < -0.39 is 57.7 Å². The Morgan fingerprint density at radius 2 is 1.70 bits per heavy atom. The topological polar surface area (TPSA) is 135 Å². The molecule has 1 unspecified atom stereocenters. The third-order valence-electron chi connectivity index (χ3n) is 5.66. The molecule has 0 aliphatic carbocycles. The van der Waals surface area contributed by atoms with Crippen LogP contribution in [0.5, 0.6) is 0 Å². The van der Waals surface area contributed by atoms with Crippen molar-refractivity contribution in [3.63, 3.8) is 0 Å². The van der Waals surface area contributed by atoms with Gasteiger partial charge < -0.3 is 10.6 Å². The van der Waals surface area contributed by atoms with Gasteiger partial charge in [0.15, 0.2) is 11.5 Å². The summed E-state index contributed by atoms with van der Waals surface area (Å²) in [5.74, 6) is -4.85. The van der Waals surface area contributed by atoms with E-state index in [1.54, 1.807) is 0 Å². The highest BCUT2D eigenvalue weighted by molar-refractivity contribution is 8.00. The first-order valence-corrected chi connectivity index (χ1v) is 14.3. The number of hydrogen-bond donors (Lipinski definition) is 3. The lowest BCUT2D eigenvalue weighted by Gasteiger charge is -2.17. The van der Waals surface area contributed by atoms with Gasteiger partial charge in [-0.3, -0.25) is 19.1 Å². The molecule has 0 fully saturated rings. The third kappa shape index (κ3) is 7.97. The highest BCUT2D eigenvalue weighted by atomic mass is 35.5. The lowest BCUT2D eigenvalue weighted by Crippen LogP contribution is -2.43. The van der Waals surface area contributed by atoms with E-state index >= 15 is 0 Å². The van der Waals surface area contributed by atoms with Gasteiger partial charge >= 0.3 is 18.3 Å². The van der Waals surface area contributed by atoms with Crippen molar-refractivity contribution in [3.05, 3.63) is 69.1 Å². The number of rotatable bonds is 7. The first kappa shape index (κ1) is 33.7. The number of alkyl halides is 6. The smallest absolute Gasteiger partial charge is 0.348 e. The summed E-state index contributed by atoms with van der Waals surface area (Å²) in [5.41, 5.74) is -2.38. The van der Waals surface area contributed by atoms with E-state index in [1.165, 1.54) is 36.0 Å². The number of aromatic nitrogens is 3. The largest absolute Gasteiger partial charge is 0.472 e. The summed E-state index contributed by atoms with van der Waals surface area (Å²) in [7, 11) is -3.73. The Kier molecular flexibility index (Phi) is 9.72. The Bertz CT molecular complexity index is 1730. The van der Waals surface area contributed by atoms with Crippen LogP contribution in [0.1, 0.15) is 39.0 Å². The van der Waals surface area contributed by atoms with Crippen molar-refractivity contribution in [2.24, 2.45) is 0 Å². The van der Waals surface area contributed by atoms with E-state index in [0.29, 0.717) is 10.7 Å². The van der Waals surface area contributed by atoms with E-state index in [0.717, 1.165) is 19.2 Å². The molecule has 2 aromatic heterocycles. The summed E-state index contributed by atoms with van der Waals surface area (Å²) in [6.45, 7) is 1.98. The van der Waals surface area contributed by atoms with Gasteiger partial charge in [0, 0.05) is 35.0 Å². The van der Waals surface area contributed by atoms with Crippen molar-refractivity contribution in [2.45, 2.75) is 26.2 Å². The second kappa shape index (κ2) is 12.4. The molecular weight excluding hydrogens is 653 g/mol. The summed E-state index contributed by atoms with van der Waals surface area (Å²) in [4.78, 5) is 41.3. The molecule has 43 heavy (non-hydrogen) atoms. The minimum Gasteiger partial charge on any atom is -0.348 e. The normalized spacial score (nSPS) is 13.2. The van der Waals surface area contributed by atoms with Crippen LogP contribution >= 0.6 is 23.2 Å². The maximum Gasteiger partial charge on any atom is 0.472 e. The van der Waals surface area contributed by atoms with Crippen LogP contribution in [0, 0.1) is 6.92 Å². The lowest BCUT2D eigenvalue weighted by molar-refractivity contribution is -0.171. The zero-order chi connectivity index (χ0) is 32.5. The van der Waals surface area contributed by atoms with E-state index in [2.05, 4.69) is 20.7 Å². The molecule has 2 heterocycles. The van der Waals surface area contributed by atoms with Crippen molar-refractivity contribution in [1.29, 1.82) is 0 Å². The molecule has 0 bridgehead atoms. The second-order valence-corrected chi connectivity index (χ2v) is 12.3. The first-order chi connectivity index (χ1) is 19.7. The molecule has 0 aliphatic heterocycles. The predicted octanol–water partition coefficient (Wildman–Crippen LogP) is 4.58. The average molecular weight is 673 g/mol. The predicted molar refractivity (Wildman–Crippen MR) is 147 cm³/mol. The van der Waals surface area contributed by atoms with Crippen LogP contribution < -0.4 is 15.4 Å². The van der Waals surface area contributed by atoms with Gasteiger partial charge in [-0.15, -0.1) is 0 Å². The Hall–Kier alpha value is -3.83. The molecule has 0 radical (unpaired) electrons. The molecule has 3 N–H and O–H groups in total. The molecule has 232 valence electrons. The summed E-state index contributed by atoms with van der Waals surface area (Å²) in [6, 6.07) is 5.62. The molecular formula is C24H20Cl2F6N6O4S. The third-order valence-corrected chi connectivity index (χ3v) is 8.23. The molecule has 10 nitrogen and oxygen atoms in total. The molecule has 1 atom stereocenters. The summed E-state index contributed by atoms with van der Waals surface area (Å²) < 4.78 is 92.8. The highest BCUT2D eigenvalue weighted by Crippen LogP contribution is 2.32. The Morgan fingerprint density at radius 3 is 2.28 bits per heavy atom. The van der Waals surface area contributed by atoms with Gasteiger partial charge in [-0.2, -0.15) is 31.4 Å². The molecule has 0 spiro atoms. The minimum absolute atomic E-state index is 0.0164. The van der Waals surface area contributed by atoms with Gasteiger partial charge in [-0.25, -0.2) is 13.9 Å². The molecule has 3 amide bonds. The molecule has 1 aromatic carbocycles. The zero-order valence-corrected chi connectivity index (χ0v) is 24.4. The van der Waals surface area contributed by atoms with Crippen LogP contribution in [0.3, 0.4) is 0 Å². The fourth-order valence-electron chi connectivity index (χ4n) is 3.40. The molecule has 0 saturated carbocycles. The van der Waals surface area contributed by atoms with Crippen LogP contribution in [0.2, 0.25) is 10.0 Å². The van der Waals surface area contributed by atoms with E-state index in [1.807, 2.05) is 0 Å². The van der Waals surface area contributed by atoms with Gasteiger partial charge in [0.05, 0.1) is 26.0 Å². The number of amides is 3. The van der Waals surface area contributed by atoms with Crippen LogP contribution in [-0.2, 0) is 20.7 Å². The van der Waals surface area contributed by atoms with Crippen molar-refractivity contribution in [2.75, 3.05) is 18.1 Å². The highest BCUT2D eigenvalue weighted by Gasteiger charge is 2.40. The maximum atomic E-state index is 13.5. The number of benzene rings is 1. The summed E-state index contributed by atoms with van der Waals surface area (Å²) >= 11 is 12.1. The van der Waals surface area contributed by atoms with Gasteiger partial charge in [0.25, 0.3) is 11.8 Å². The molecule has 0 saturated heterocycles. The Morgan fingerprint density at radius 1 is 1.05 bits per heavy atom. The van der Waals surface area contributed by atoms with E-state index in [9.17, 15) is 44.9 Å². The van der Waals surface area contributed by atoms with Crippen LogP contribution in [0.4, 0.5) is 32.0 Å². The number of nitrogens with zero attached hydrogens (tertiary/aromatic N) is 3. The molecule has 0 aliphatic rings. The summed E-state index contributed by atoms with van der Waals surface area (Å²) in [5, 5.41) is 7.98. The Labute approximate surface area is 249 Å². The van der Waals surface area contributed by atoms with Gasteiger partial charge in [-0.1, -0.05) is 23.2 Å². The van der Waals surface area contributed by atoms with Crippen LogP contribution in [-0.4, -0.2) is 60.5 Å². The lowest BCUT2D eigenvalue weighted by atomic mass is 10.1. The standard InChI is InChI=1S/C24H20Cl2F6N6O4S/c1-11-7-13(25)8-14(20(39)34-10-12(2)43(3,42)37-22(41)24(30,31)32)18(11)35-21(40)16-9-17(23(27,28)29)36-38(16)19-15(26)5-4-6-33-19/h4-9H,10H2,1-3H3,(H,34,39)(H,35,40)(H,37,41,42). The van der Waals surface area contributed by atoms with E-state index in [4.69, 9.17) is 23.2 Å². The first-order valence-electron chi connectivity index (χ1n) is 11.6. The van der Waals surface area contributed by atoms with Crippen LogP contribution in [0.25, 0.3) is 5.82 Å². The van der Waals surface area contributed by atoms with Crippen molar-refractivity contribution < 1.29 is 44.9 Å². The fourth-order valence-corrected chi connectivity index (χ4v) is 4.87. The number of pyridine rings is 1. The monoisotopic (exact) mass is 672 g/mol. The van der Waals surface area contributed by atoms with Gasteiger partial charge in [-0.05, 0) is 43.7 Å². The van der Waals surface area contributed by atoms with Crippen molar-refractivity contribution >= 4 is 61.2 Å². The van der Waals surface area contributed by atoms with Gasteiger partial charge in [0.2, 0.25) is 0 Å². The zero-order valence-electron chi connectivity index (χ0n) is 22.1. The summed E-state index contributed by atoms with van der Waals surface area (Å²) in [6.07, 6.45) is -8.20. The average Bonchev–Trinajstić information content (AvgIpc) is 3.34. The Balaban J connectivity index is 1.97. The van der Waals surface area contributed by atoms with E-state index in [-0.39, 0.29) is 37.5 Å². The number of halogens is 8. The SMILES string of the molecule is CC(CNC(=O)c1cc(Cl)cc(C)c1NC(=O)c1cc(C(F)(F)F)nn1-c1ncccc1Cl)=S(C)(=O)NC(=O)C(F)(F)F. The minimum atomic E-state index is -5.30. The second-order valence-electron chi connectivity index (χ2n) is 8.89. The number of anilines is 1. The van der Waals surface area contributed by atoms with Crippen molar-refractivity contribution in [3.8, 4) is 5.82 Å². The van der Waals surface area contributed by atoms with Gasteiger partial charge in [0.1, 0.15) is 5.69 Å². The number of carbonyl (C=O) groups excluding carboxylic acids is 3. The number of carbonyl (C=O) groups is 3. The van der Waals surface area contributed by atoms with Crippen LogP contribution in [0.15, 0.2) is 36.5 Å².